The first-order valence-corrected chi connectivity index (χ1v) is 18.4. The molecule has 1 unspecified atom stereocenters. The fourth-order valence-electron chi connectivity index (χ4n) is 6.73. The van der Waals surface area contributed by atoms with Crippen molar-refractivity contribution in [2.75, 3.05) is 0 Å². The number of ether oxygens (including phenoxy) is 3. The van der Waals surface area contributed by atoms with E-state index in [1.165, 1.54) is 0 Å². The molecule has 0 N–H and O–H groups in total. The number of esters is 3. The Balaban J connectivity index is 1.51. The molecule has 0 saturated carbocycles. The van der Waals surface area contributed by atoms with Gasteiger partial charge in [0.1, 0.15) is 11.5 Å². The highest BCUT2D eigenvalue weighted by Crippen LogP contribution is 2.51. The van der Waals surface area contributed by atoms with Gasteiger partial charge < -0.3 is 14.2 Å². The minimum absolute atomic E-state index is 0.0357. The van der Waals surface area contributed by atoms with Crippen LogP contribution in [0.15, 0.2) is 106 Å². The highest BCUT2D eigenvalue weighted by Gasteiger charge is 2.50. The molecule has 6 nitrogen and oxygen atoms in total. The van der Waals surface area contributed by atoms with Gasteiger partial charge in [-0.25, -0.2) is 9.59 Å². The lowest BCUT2D eigenvalue weighted by Gasteiger charge is -2.34. The molecule has 6 rings (SSSR count). The largest absolute Gasteiger partial charge is 0.441 e. The van der Waals surface area contributed by atoms with Crippen LogP contribution >= 0.6 is 31.9 Å². The van der Waals surface area contributed by atoms with E-state index in [1.807, 2.05) is 114 Å². The maximum absolute atomic E-state index is 13.7. The number of cyclic esters (lactones) is 1. The first-order chi connectivity index (χ1) is 24.3. The van der Waals surface area contributed by atoms with Crippen molar-refractivity contribution in [1.82, 2.24) is 0 Å². The van der Waals surface area contributed by atoms with Crippen LogP contribution in [0.1, 0.15) is 105 Å². The van der Waals surface area contributed by atoms with Crippen molar-refractivity contribution in [2.24, 2.45) is 0 Å². The van der Waals surface area contributed by atoms with Crippen LogP contribution < -0.4 is 9.47 Å². The molecule has 1 aliphatic rings. The van der Waals surface area contributed by atoms with Crippen LogP contribution in [0, 0.1) is 13.8 Å². The van der Waals surface area contributed by atoms with Crippen LogP contribution in [0.5, 0.6) is 11.5 Å². The molecule has 5 aromatic carbocycles. The van der Waals surface area contributed by atoms with Gasteiger partial charge in [-0.3, -0.25) is 4.79 Å². The molecule has 260 valence electrons. The van der Waals surface area contributed by atoms with Gasteiger partial charge in [-0.15, -0.1) is 0 Å². The molecule has 0 amide bonds. The predicted molar refractivity (Wildman–Crippen MR) is 205 cm³/mol. The van der Waals surface area contributed by atoms with Crippen LogP contribution in [0.4, 0.5) is 0 Å². The van der Waals surface area contributed by atoms with E-state index < -0.39 is 17.5 Å². The molecule has 0 bridgehead atoms. The summed E-state index contributed by atoms with van der Waals surface area (Å²) in [4.78, 5) is 40.4. The molecule has 51 heavy (non-hydrogen) atoms. The topological polar surface area (TPSA) is 78.9 Å². The number of hydrogen-bond acceptors (Lipinski definition) is 6. The van der Waals surface area contributed by atoms with E-state index in [1.54, 1.807) is 24.3 Å². The zero-order chi connectivity index (χ0) is 36.6. The van der Waals surface area contributed by atoms with Crippen molar-refractivity contribution in [3.8, 4) is 11.5 Å². The molecule has 0 aromatic heterocycles. The first-order valence-electron chi connectivity index (χ1n) is 16.9. The van der Waals surface area contributed by atoms with Gasteiger partial charge in [0.05, 0.1) is 17.5 Å². The number of fused-ring (bicyclic) bond motifs is 1. The molecule has 0 aliphatic carbocycles. The van der Waals surface area contributed by atoms with E-state index in [-0.39, 0.29) is 24.2 Å². The van der Waals surface area contributed by atoms with Gasteiger partial charge in [0.25, 0.3) is 0 Å². The van der Waals surface area contributed by atoms with Crippen LogP contribution in [0.3, 0.4) is 0 Å². The summed E-state index contributed by atoms with van der Waals surface area (Å²) in [5.41, 5.74) is 5.74. The average Bonchev–Trinajstić information content (AvgIpc) is 3.38. The van der Waals surface area contributed by atoms with Crippen LogP contribution in [-0.2, 0) is 21.6 Å². The number of hydrogen-bond donors (Lipinski definition) is 0. The summed E-state index contributed by atoms with van der Waals surface area (Å²) in [6.45, 7) is 12.0. The predicted octanol–water partition coefficient (Wildman–Crippen LogP) is 10.9. The monoisotopic (exact) mass is 808 g/mol. The smallest absolute Gasteiger partial charge is 0.344 e. The number of halogens is 2. The molecule has 8 heteroatoms. The second-order valence-corrected chi connectivity index (χ2v) is 15.2. The SMILES string of the molecule is Cc1cc(OC(=O)Cc2ccccc2Br)c(C(C)C)cc1C1(c2cc(C(C)C)c(OC(=O)c3ccccc3Br)cc2C)OC(=O)c2ccccc21. The number of carbonyl (C=O) groups excluding carboxylic acids is 3. The van der Waals surface area contributed by atoms with Crippen molar-refractivity contribution >= 4 is 49.8 Å². The highest BCUT2D eigenvalue weighted by molar-refractivity contribution is 9.10. The molecule has 5 aromatic rings. The van der Waals surface area contributed by atoms with E-state index in [0.717, 1.165) is 43.4 Å². The van der Waals surface area contributed by atoms with Crippen LogP contribution in [0.25, 0.3) is 0 Å². The molecular weight excluding hydrogens is 772 g/mol. The van der Waals surface area contributed by atoms with Gasteiger partial charge in [-0.2, -0.15) is 0 Å². The van der Waals surface area contributed by atoms with E-state index in [9.17, 15) is 14.4 Å². The summed E-state index contributed by atoms with van der Waals surface area (Å²) in [5.74, 6) is -0.480. The number of aryl methyl sites for hydroxylation is 2. The second-order valence-electron chi connectivity index (χ2n) is 13.4. The summed E-state index contributed by atoms with van der Waals surface area (Å²) < 4.78 is 20.2. The summed E-state index contributed by atoms with van der Waals surface area (Å²) >= 11 is 6.99. The van der Waals surface area contributed by atoms with Crippen molar-refractivity contribution < 1.29 is 28.6 Å². The lowest BCUT2D eigenvalue weighted by atomic mass is 9.74. The Labute approximate surface area is 315 Å². The molecular formula is C43H38Br2O6. The van der Waals surface area contributed by atoms with Crippen molar-refractivity contribution in [3.63, 3.8) is 0 Å². The van der Waals surface area contributed by atoms with Crippen LogP contribution in [-0.4, -0.2) is 17.9 Å². The zero-order valence-electron chi connectivity index (χ0n) is 29.3. The van der Waals surface area contributed by atoms with E-state index in [2.05, 4.69) is 31.9 Å². The zero-order valence-corrected chi connectivity index (χ0v) is 32.5. The van der Waals surface area contributed by atoms with Crippen molar-refractivity contribution in [2.45, 2.75) is 65.4 Å². The Morgan fingerprint density at radius 1 is 0.686 bits per heavy atom. The standard InChI is InChI=1S/C43H38Br2O6/c1-24(2)31-22-34(26(5)19-38(31)49-40(46)21-28-13-7-11-17-36(28)44)43(33-16-10-8-14-29(33)42(48)51-43)35-23-32(25(3)4)39(20-27(35)6)50-41(47)30-15-9-12-18-37(30)45/h7-20,22-25H,21H2,1-6H3. The van der Waals surface area contributed by atoms with Gasteiger partial charge in [-0.1, -0.05) is 92.2 Å². The number of benzene rings is 5. The third-order valence-electron chi connectivity index (χ3n) is 9.30. The van der Waals surface area contributed by atoms with E-state index in [0.29, 0.717) is 32.7 Å². The van der Waals surface area contributed by atoms with E-state index >= 15 is 0 Å². The molecule has 1 aliphatic heterocycles. The number of rotatable bonds is 9. The Hall–Kier alpha value is -4.53. The Morgan fingerprint density at radius 2 is 1.22 bits per heavy atom. The minimum Gasteiger partial charge on any atom is -0.441 e. The second kappa shape index (κ2) is 14.6. The summed E-state index contributed by atoms with van der Waals surface area (Å²) in [6, 6.07) is 29.9. The Morgan fingerprint density at radius 3 is 1.80 bits per heavy atom. The summed E-state index contributed by atoms with van der Waals surface area (Å²) in [6.07, 6.45) is 0.101. The van der Waals surface area contributed by atoms with Crippen molar-refractivity contribution in [3.05, 3.63) is 162 Å². The molecule has 0 radical (unpaired) electrons. The quantitative estimate of drug-likeness (QED) is 0.109. The molecule has 1 heterocycles. The van der Waals surface area contributed by atoms with Gasteiger partial charge >= 0.3 is 17.9 Å². The van der Waals surface area contributed by atoms with Crippen LogP contribution in [0.2, 0.25) is 0 Å². The van der Waals surface area contributed by atoms with Gasteiger partial charge in [0.15, 0.2) is 5.60 Å². The lowest BCUT2D eigenvalue weighted by Crippen LogP contribution is -2.32. The van der Waals surface area contributed by atoms with Gasteiger partial charge in [0, 0.05) is 25.6 Å². The van der Waals surface area contributed by atoms with Gasteiger partial charge in [0.2, 0.25) is 0 Å². The average molecular weight is 811 g/mol. The molecule has 0 spiro atoms. The molecule has 0 saturated heterocycles. The lowest BCUT2D eigenvalue weighted by molar-refractivity contribution is -0.133. The number of carbonyl (C=O) groups is 3. The van der Waals surface area contributed by atoms with Crippen molar-refractivity contribution in [1.29, 1.82) is 0 Å². The first kappa shape index (κ1) is 36.3. The third kappa shape index (κ3) is 6.91. The minimum atomic E-state index is -1.34. The Kier molecular flexibility index (Phi) is 10.4. The molecule has 1 atom stereocenters. The third-order valence-corrected chi connectivity index (χ3v) is 10.8. The normalized spacial score (nSPS) is 15.1. The highest BCUT2D eigenvalue weighted by atomic mass is 79.9. The fourth-order valence-corrected chi connectivity index (χ4v) is 7.61. The summed E-state index contributed by atoms with van der Waals surface area (Å²) in [5, 5.41) is 0. The summed E-state index contributed by atoms with van der Waals surface area (Å²) in [7, 11) is 0. The van der Waals surface area contributed by atoms with Gasteiger partial charge in [-0.05, 0) is 118 Å². The fraction of sp³-hybridized carbons (Fsp3) is 0.233. The molecule has 0 fully saturated rings. The van der Waals surface area contributed by atoms with E-state index in [4.69, 9.17) is 14.2 Å². The maximum Gasteiger partial charge on any atom is 0.344 e. The Bertz CT molecular complexity index is 2190. The maximum atomic E-state index is 13.7.